The molecule has 0 saturated heterocycles. The Kier molecular flexibility index (Phi) is 5.77. The normalized spacial score (nSPS) is 11.3. The fourth-order valence-electron chi connectivity index (χ4n) is 3.10. The van der Waals surface area contributed by atoms with Crippen LogP contribution in [0.5, 0.6) is 5.75 Å². The lowest BCUT2D eigenvalue weighted by atomic mass is 10.1. The van der Waals surface area contributed by atoms with Gasteiger partial charge in [-0.1, -0.05) is 24.3 Å². The van der Waals surface area contributed by atoms with E-state index in [0.717, 1.165) is 0 Å². The van der Waals surface area contributed by atoms with Crippen LogP contribution in [-0.4, -0.2) is 11.3 Å². The lowest BCUT2D eigenvalue weighted by Gasteiger charge is -2.13. The molecule has 162 valence electrons. The molecule has 0 bridgehead atoms. The lowest BCUT2D eigenvalue weighted by Crippen LogP contribution is -2.16. The first-order valence-corrected chi connectivity index (χ1v) is 9.42. The Labute approximate surface area is 180 Å². The Bertz CT molecular complexity index is 1180. The first-order chi connectivity index (χ1) is 15.2. The van der Waals surface area contributed by atoms with Crippen molar-refractivity contribution in [3.63, 3.8) is 0 Å². The largest absolute Gasteiger partial charge is 0.573 e. The van der Waals surface area contributed by atoms with E-state index < -0.39 is 18.0 Å². The molecule has 0 unspecified atom stereocenters. The van der Waals surface area contributed by atoms with Crippen LogP contribution in [0.2, 0.25) is 0 Å². The number of hydrogen-bond acceptors (Lipinski definition) is 3. The highest BCUT2D eigenvalue weighted by atomic mass is 19.4. The maximum absolute atomic E-state index is 13.7. The van der Waals surface area contributed by atoms with E-state index in [1.54, 1.807) is 36.4 Å². The van der Waals surface area contributed by atoms with Crippen molar-refractivity contribution >= 4 is 11.4 Å². The SMILES string of the molecule is Fc1cccc(-c2cc(Nc3ccc(OC(F)(F)F)cc3)cc(-c3cccc(F)c3)n2)c1. The van der Waals surface area contributed by atoms with Gasteiger partial charge in [0.2, 0.25) is 0 Å². The Morgan fingerprint density at radius 1 is 0.656 bits per heavy atom. The minimum Gasteiger partial charge on any atom is -0.406 e. The van der Waals surface area contributed by atoms with Gasteiger partial charge in [0.05, 0.1) is 11.4 Å². The minimum atomic E-state index is -4.78. The van der Waals surface area contributed by atoms with Crippen LogP contribution < -0.4 is 10.1 Å². The lowest BCUT2D eigenvalue weighted by molar-refractivity contribution is -0.274. The van der Waals surface area contributed by atoms with Crippen LogP contribution in [0.4, 0.5) is 33.3 Å². The number of alkyl halides is 3. The summed E-state index contributed by atoms with van der Waals surface area (Å²) >= 11 is 0. The standard InChI is InChI=1S/C24H15F5N2O/c25-17-5-1-3-15(11-17)22-13-20(14-23(31-22)16-4-2-6-18(26)12-16)30-19-7-9-21(10-8-19)32-24(27,28)29/h1-14H,(H,30,31). The van der Waals surface area contributed by atoms with Crippen molar-refractivity contribution in [2.24, 2.45) is 0 Å². The fourth-order valence-corrected chi connectivity index (χ4v) is 3.10. The zero-order valence-corrected chi connectivity index (χ0v) is 16.3. The first kappa shape index (κ1) is 21.3. The van der Waals surface area contributed by atoms with Crippen molar-refractivity contribution in [2.45, 2.75) is 6.36 Å². The number of halogens is 5. The van der Waals surface area contributed by atoms with Crippen LogP contribution in [0, 0.1) is 11.6 Å². The van der Waals surface area contributed by atoms with Gasteiger partial charge in [-0.3, -0.25) is 0 Å². The quantitative estimate of drug-likeness (QED) is 0.329. The summed E-state index contributed by atoms with van der Waals surface area (Å²) in [6.45, 7) is 0. The Morgan fingerprint density at radius 3 is 1.66 bits per heavy atom. The Hall–Kier alpha value is -3.94. The van der Waals surface area contributed by atoms with E-state index in [9.17, 15) is 22.0 Å². The zero-order valence-electron chi connectivity index (χ0n) is 16.3. The predicted molar refractivity (Wildman–Crippen MR) is 111 cm³/mol. The number of aromatic nitrogens is 1. The molecule has 4 aromatic rings. The molecular formula is C24H15F5N2O. The molecule has 0 amide bonds. The molecule has 0 radical (unpaired) electrons. The van der Waals surface area contributed by atoms with Crippen molar-refractivity contribution in [1.82, 2.24) is 4.98 Å². The number of hydrogen-bond donors (Lipinski definition) is 1. The number of anilines is 2. The van der Waals surface area contributed by atoms with Crippen LogP contribution in [0.3, 0.4) is 0 Å². The third-order valence-electron chi connectivity index (χ3n) is 4.44. The van der Waals surface area contributed by atoms with E-state index in [0.29, 0.717) is 33.9 Å². The summed E-state index contributed by atoms with van der Waals surface area (Å²) in [4.78, 5) is 4.53. The molecule has 0 aliphatic rings. The molecule has 1 N–H and O–H groups in total. The number of nitrogens with one attached hydrogen (secondary N) is 1. The van der Waals surface area contributed by atoms with Crippen LogP contribution in [-0.2, 0) is 0 Å². The highest BCUT2D eigenvalue weighted by Gasteiger charge is 2.30. The van der Waals surface area contributed by atoms with E-state index in [1.165, 1.54) is 48.5 Å². The van der Waals surface area contributed by atoms with Crippen molar-refractivity contribution in [1.29, 1.82) is 0 Å². The second-order valence-corrected chi connectivity index (χ2v) is 6.84. The van der Waals surface area contributed by atoms with Gasteiger partial charge in [0, 0.05) is 22.5 Å². The number of nitrogens with zero attached hydrogens (tertiary/aromatic N) is 1. The second-order valence-electron chi connectivity index (χ2n) is 6.84. The molecule has 0 atom stereocenters. The summed E-state index contributed by atoms with van der Waals surface area (Å²) in [6, 6.07) is 20.3. The topological polar surface area (TPSA) is 34.1 Å². The molecule has 3 nitrogen and oxygen atoms in total. The summed E-state index contributed by atoms with van der Waals surface area (Å²) in [7, 11) is 0. The summed E-state index contributed by atoms with van der Waals surface area (Å²) in [5.74, 6) is -1.22. The number of rotatable bonds is 5. The first-order valence-electron chi connectivity index (χ1n) is 9.42. The molecule has 0 spiro atoms. The molecule has 3 aromatic carbocycles. The van der Waals surface area contributed by atoms with Crippen LogP contribution in [0.25, 0.3) is 22.5 Å². The van der Waals surface area contributed by atoms with Crippen LogP contribution >= 0.6 is 0 Å². The predicted octanol–water partition coefficient (Wildman–Crippen LogP) is 7.34. The molecule has 0 aliphatic carbocycles. The summed E-state index contributed by atoms with van der Waals surface area (Å²) in [5, 5.41) is 3.08. The van der Waals surface area contributed by atoms with Crippen LogP contribution in [0.15, 0.2) is 84.9 Å². The highest BCUT2D eigenvalue weighted by molar-refractivity contribution is 5.74. The van der Waals surface area contributed by atoms with E-state index in [4.69, 9.17) is 0 Å². The van der Waals surface area contributed by atoms with Gasteiger partial charge in [-0.05, 0) is 60.7 Å². The number of ether oxygens (including phenoxy) is 1. The highest BCUT2D eigenvalue weighted by Crippen LogP contribution is 2.30. The number of benzene rings is 3. The van der Waals surface area contributed by atoms with Crippen LogP contribution in [0.1, 0.15) is 0 Å². The van der Waals surface area contributed by atoms with Gasteiger partial charge in [0.1, 0.15) is 17.4 Å². The second kappa shape index (κ2) is 8.66. The van der Waals surface area contributed by atoms with Crippen molar-refractivity contribution in [2.75, 3.05) is 5.32 Å². The van der Waals surface area contributed by atoms with Gasteiger partial charge < -0.3 is 10.1 Å². The van der Waals surface area contributed by atoms with E-state index in [1.807, 2.05) is 0 Å². The summed E-state index contributed by atoms with van der Waals surface area (Å²) in [5.41, 5.74) is 2.92. The molecule has 1 heterocycles. The van der Waals surface area contributed by atoms with Gasteiger partial charge in [-0.2, -0.15) is 0 Å². The molecule has 8 heteroatoms. The molecule has 0 fully saturated rings. The molecule has 0 aliphatic heterocycles. The van der Waals surface area contributed by atoms with Crippen molar-refractivity contribution < 1.29 is 26.7 Å². The Morgan fingerprint density at radius 2 is 1.19 bits per heavy atom. The van der Waals surface area contributed by atoms with Gasteiger partial charge in [0.25, 0.3) is 0 Å². The van der Waals surface area contributed by atoms with Gasteiger partial charge >= 0.3 is 6.36 Å². The van der Waals surface area contributed by atoms with E-state index in [-0.39, 0.29) is 5.75 Å². The van der Waals surface area contributed by atoms with E-state index in [2.05, 4.69) is 15.0 Å². The van der Waals surface area contributed by atoms with E-state index >= 15 is 0 Å². The maximum atomic E-state index is 13.7. The van der Waals surface area contributed by atoms with Gasteiger partial charge in [-0.15, -0.1) is 13.2 Å². The summed E-state index contributed by atoms with van der Waals surface area (Å²) < 4.78 is 68.4. The zero-order chi connectivity index (χ0) is 22.7. The Balaban J connectivity index is 1.71. The summed E-state index contributed by atoms with van der Waals surface area (Å²) in [6.07, 6.45) is -4.78. The minimum absolute atomic E-state index is 0.348. The maximum Gasteiger partial charge on any atom is 0.573 e. The average molecular weight is 442 g/mol. The smallest absolute Gasteiger partial charge is 0.406 e. The molecule has 1 aromatic heterocycles. The third kappa shape index (κ3) is 5.40. The monoisotopic (exact) mass is 442 g/mol. The third-order valence-corrected chi connectivity index (χ3v) is 4.44. The van der Waals surface area contributed by atoms with Crippen molar-refractivity contribution in [3.05, 3.63) is 96.6 Å². The molecule has 0 saturated carbocycles. The average Bonchev–Trinajstić information content (AvgIpc) is 2.74. The molecule has 4 rings (SSSR count). The fraction of sp³-hybridized carbons (Fsp3) is 0.0417. The molecular weight excluding hydrogens is 427 g/mol. The number of pyridine rings is 1. The van der Waals surface area contributed by atoms with Gasteiger partial charge in [-0.25, -0.2) is 13.8 Å². The van der Waals surface area contributed by atoms with Crippen molar-refractivity contribution in [3.8, 4) is 28.3 Å². The molecule has 32 heavy (non-hydrogen) atoms. The van der Waals surface area contributed by atoms with Gasteiger partial charge in [0.15, 0.2) is 0 Å².